The Kier molecular flexibility index (Phi) is 6.27. The molecule has 0 aromatic rings. The van der Waals surface area contributed by atoms with Gasteiger partial charge in [0.2, 0.25) is 0 Å². The van der Waals surface area contributed by atoms with Gasteiger partial charge in [-0.25, -0.2) is 10.0 Å². The van der Waals surface area contributed by atoms with Crippen molar-refractivity contribution in [2.45, 2.75) is 39.7 Å². The van der Waals surface area contributed by atoms with Gasteiger partial charge in [0, 0.05) is 52.4 Å². The molecule has 118 valence electrons. The van der Waals surface area contributed by atoms with E-state index in [0.29, 0.717) is 0 Å². The Morgan fingerprint density at radius 1 is 1.00 bits per heavy atom. The summed E-state index contributed by atoms with van der Waals surface area (Å²) in [5.41, 5.74) is 0. The van der Waals surface area contributed by atoms with Crippen molar-refractivity contribution in [3.63, 3.8) is 0 Å². The van der Waals surface area contributed by atoms with Crippen LogP contribution < -0.4 is 0 Å². The lowest BCUT2D eigenvalue weighted by Crippen LogP contribution is -2.53. The molecule has 0 spiro atoms. The minimum absolute atomic E-state index is 0.726. The number of likely N-dealkylation sites (tertiary alicyclic amines) is 1. The highest BCUT2D eigenvalue weighted by Crippen LogP contribution is 2.20. The SMILES string of the molecule is CCN(C)N1CCN(CC2CCN(C(C)C)CC2)CC1. The molecule has 4 nitrogen and oxygen atoms in total. The number of hydrazine groups is 1. The molecule has 2 heterocycles. The van der Waals surface area contributed by atoms with Crippen molar-refractivity contribution >= 4 is 0 Å². The van der Waals surface area contributed by atoms with Crippen molar-refractivity contribution in [3.8, 4) is 0 Å². The summed E-state index contributed by atoms with van der Waals surface area (Å²) in [5, 5.41) is 4.86. The minimum Gasteiger partial charge on any atom is -0.301 e. The second-order valence-corrected chi connectivity index (χ2v) is 6.80. The van der Waals surface area contributed by atoms with Gasteiger partial charge in [-0.15, -0.1) is 0 Å². The fraction of sp³-hybridized carbons (Fsp3) is 1.00. The third kappa shape index (κ3) is 4.42. The summed E-state index contributed by atoms with van der Waals surface area (Å²) in [6.45, 7) is 16.8. The lowest BCUT2D eigenvalue weighted by atomic mass is 9.95. The Balaban J connectivity index is 1.66. The number of piperidine rings is 1. The lowest BCUT2D eigenvalue weighted by Gasteiger charge is -2.41. The van der Waals surface area contributed by atoms with E-state index in [2.05, 4.69) is 47.6 Å². The molecule has 4 heteroatoms. The molecule has 0 radical (unpaired) electrons. The van der Waals surface area contributed by atoms with E-state index in [1.807, 2.05) is 0 Å². The Hall–Kier alpha value is -0.160. The van der Waals surface area contributed by atoms with Crippen LogP contribution in [0.25, 0.3) is 0 Å². The highest BCUT2D eigenvalue weighted by atomic mass is 15.6. The summed E-state index contributed by atoms with van der Waals surface area (Å²) in [7, 11) is 2.21. The maximum atomic E-state index is 2.69. The summed E-state index contributed by atoms with van der Waals surface area (Å²) in [5.74, 6) is 0.931. The van der Waals surface area contributed by atoms with E-state index in [-0.39, 0.29) is 0 Å². The van der Waals surface area contributed by atoms with E-state index in [0.717, 1.165) is 18.5 Å². The predicted molar refractivity (Wildman–Crippen MR) is 85.8 cm³/mol. The second-order valence-electron chi connectivity index (χ2n) is 6.80. The first-order valence-corrected chi connectivity index (χ1v) is 8.52. The number of nitrogens with zero attached hydrogens (tertiary/aromatic N) is 4. The molecule has 0 aromatic carbocycles. The molecule has 0 unspecified atom stereocenters. The number of hydrogen-bond donors (Lipinski definition) is 0. The zero-order valence-electron chi connectivity index (χ0n) is 14.0. The van der Waals surface area contributed by atoms with Crippen molar-refractivity contribution in [2.75, 3.05) is 59.4 Å². The van der Waals surface area contributed by atoms with E-state index in [4.69, 9.17) is 0 Å². The smallest absolute Gasteiger partial charge is 0.0261 e. The summed E-state index contributed by atoms with van der Waals surface area (Å²) >= 11 is 0. The number of hydrogen-bond acceptors (Lipinski definition) is 4. The zero-order chi connectivity index (χ0) is 14.5. The molecule has 20 heavy (non-hydrogen) atoms. The fourth-order valence-electron chi connectivity index (χ4n) is 3.48. The van der Waals surface area contributed by atoms with Crippen LogP contribution in [0.3, 0.4) is 0 Å². The van der Waals surface area contributed by atoms with Crippen LogP contribution in [-0.2, 0) is 0 Å². The molecule has 0 aliphatic carbocycles. The molecule has 2 aliphatic heterocycles. The normalized spacial score (nSPS) is 24.9. The van der Waals surface area contributed by atoms with E-state index < -0.39 is 0 Å². The lowest BCUT2D eigenvalue weighted by molar-refractivity contribution is -0.0386. The minimum atomic E-state index is 0.726. The van der Waals surface area contributed by atoms with Crippen LogP contribution in [0.2, 0.25) is 0 Å². The average molecular weight is 282 g/mol. The van der Waals surface area contributed by atoms with E-state index >= 15 is 0 Å². The highest BCUT2D eigenvalue weighted by molar-refractivity contribution is 4.79. The van der Waals surface area contributed by atoms with Crippen LogP contribution >= 0.6 is 0 Å². The largest absolute Gasteiger partial charge is 0.301 e. The summed E-state index contributed by atoms with van der Waals surface area (Å²) in [4.78, 5) is 5.32. The molecule has 2 aliphatic rings. The first-order valence-electron chi connectivity index (χ1n) is 8.52. The van der Waals surface area contributed by atoms with Crippen LogP contribution in [0.5, 0.6) is 0 Å². The van der Waals surface area contributed by atoms with Gasteiger partial charge < -0.3 is 9.80 Å². The molecule has 0 aromatic heterocycles. The Labute approximate surface area is 125 Å². The van der Waals surface area contributed by atoms with Crippen LogP contribution in [0.1, 0.15) is 33.6 Å². The summed E-state index contributed by atoms with van der Waals surface area (Å²) < 4.78 is 0. The monoisotopic (exact) mass is 282 g/mol. The molecule has 2 saturated heterocycles. The van der Waals surface area contributed by atoms with Gasteiger partial charge >= 0.3 is 0 Å². The molecular formula is C16H34N4. The van der Waals surface area contributed by atoms with E-state index in [9.17, 15) is 0 Å². The second kappa shape index (κ2) is 7.74. The molecule has 0 atom stereocenters. The van der Waals surface area contributed by atoms with Crippen molar-refractivity contribution in [2.24, 2.45) is 5.92 Å². The summed E-state index contributed by atoms with van der Waals surface area (Å²) in [6.07, 6.45) is 2.79. The molecule has 0 amide bonds. The van der Waals surface area contributed by atoms with Crippen molar-refractivity contribution in [3.05, 3.63) is 0 Å². The van der Waals surface area contributed by atoms with Gasteiger partial charge in [-0.2, -0.15) is 0 Å². The van der Waals surface area contributed by atoms with Gasteiger partial charge in [0.15, 0.2) is 0 Å². The van der Waals surface area contributed by atoms with Gasteiger partial charge in [0.1, 0.15) is 0 Å². The molecule has 2 fully saturated rings. The topological polar surface area (TPSA) is 13.0 Å². The van der Waals surface area contributed by atoms with Gasteiger partial charge in [-0.1, -0.05) is 6.92 Å². The molecule has 2 rings (SSSR count). The van der Waals surface area contributed by atoms with Crippen LogP contribution in [0.15, 0.2) is 0 Å². The maximum absolute atomic E-state index is 2.69. The van der Waals surface area contributed by atoms with Gasteiger partial charge in [0.25, 0.3) is 0 Å². The van der Waals surface area contributed by atoms with Crippen LogP contribution in [-0.4, -0.2) is 85.3 Å². The molecule has 0 bridgehead atoms. The van der Waals surface area contributed by atoms with Crippen LogP contribution in [0.4, 0.5) is 0 Å². The Morgan fingerprint density at radius 3 is 2.10 bits per heavy atom. The van der Waals surface area contributed by atoms with Crippen LogP contribution in [0, 0.1) is 5.92 Å². The molecule has 0 N–H and O–H groups in total. The number of rotatable bonds is 5. The van der Waals surface area contributed by atoms with Crippen molar-refractivity contribution in [1.82, 2.24) is 19.8 Å². The van der Waals surface area contributed by atoms with Gasteiger partial charge in [-0.3, -0.25) is 0 Å². The Morgan fingerprint density at radius 2 is 1.60 bits per heavy atom. The standard InChI is InChI=1S/C16H34N4/c1-5-17(4)20-12-10-18(11-13-20)14-16-6-8-19(9-7-16)15(2)3/h15-16H,5-14H2,1-4H3. The Bertz CT molecular complexity index is 266. The van der Waals surface area contributed by atoms with Gasteiger partial charge in [-0.05, 0) is 45.7 Å². The van der Waals surface area contributed by atoms with E-state index in [1.54, 1.807) is 0 Å². The first kappa shape index (κ1) is 16.2. The average Bonchev–Trinajstić information content (AvgIpc) is 2.48. The highest BCUT2D eigenvalue weighted by Gasteiger charge is 2.25. The van der Waals surface area contributed by atoms with Crippen molar-refractivity contribution < 1.29 is 0 Å². The van der Waals surface area contributed by atoms with Crippen molar-refractivity contribution in [1.29, 1.82) is 0 Å². The fourth-order valence-corrected chi connectivity index (χ4v) is 3.48. The first-order chi connectivity index (χ1) is 9.60. The maximum Gasteiger partial charge on any atom is 0.0261 e. The van der Waals surface area contributed by atoms with E-state index in [1.165, 1.54) is 58.7 Å². The molecule has 0 saturated carbocycles. The summed E-state index contributed by atoms with van der Waals surface area (Å²) in [6, 6.07) is 0.726. The quantitative estimate of drug-likeness (QED) is 0.759. The third-order valence-corrected chi connectivity index (χ3v) is 5.18. The van der Waals surface area contributed by atoms with Gasteiger partial charge in [0.05, 0.1) is 0 Å². The zero-order valence-corrected chi connectivity index (χ0v) is 14.0. The predicted octanol–water partition coefficient (Wildman–Crippen LogP) is 1.59. The third-order valence-electron chi connectivity index (χ3n) is 5.18. The number of piperazine rings is 1. The molecular weight excluding hydrogens is 248 g/mol.